The summed E-state index contributed by atoms with van der Waals surface area (Å²) < 4.78 is 9.47. The van der Waals surface area contributed by atoms with Crippen LogP contribution < -0.4 is 16.6 Å². The molecule has 10 heteroatoms. The molecule has 1 saturated heterocycles. The first-order valence-electron chi connectivity index (χ1n) is 10.1. The van der Waals surface area contributed by atoms with Gasteiger partial charge in [0.05, 0.1) is 12.6 Å². The zero-order valence-electron chi connectivity index (χ0n) is 17.2. The molecule has 0 aromatic carbocycles. The van der Waals surface area contributed by atoms with Gasteiger partial charge in [0.15, 0.2) is 16.9 Å². The molecule has 4 rings (SSSR count). The first-order chi connectivity index (χ1) is 14.5. The lowest BCUT2D eigenvalue weighted by Crippen LogP contribution is -2.44. The number of hydrogen-bond donors (Lipinski definition) is 1. The minimum absolute atomic E-state index is 0.153. The maximum absolute atomic E-state index is 12.5. The molecular formula is C20H26N6O4. The lowest BCUT2D eigenvalue weighted by molar-refractivity contribution is 0.0882. The highest BCUT2D eigenvalue weighted by Crippen LogP contribution is 2.13. The van der Waals surface area contributed by atoms with Crippen LogP contribution in [-0.4, -0.2) is 55.2 Å². The number of carbonyl (C=O) groups excluding carboxylic acids is 1. The Balaban J connectivity index is 1.29. The number of furan rings is 1. The molecule has 1 aliphatic heterocycles. The van der Waals surface area contributed by atoms with Crippen molar-refractivity contribution in [3.63, 3.8) is 0 Å². The number of hydrogen-bond acceptors (Lipinski definition) is 6. The lowest BCUT2D eigenvalue weighted by Gasteiger charge is -2.32. The van der Waals surface area contributed by atoms with Gasteiger partial charge in [-0.1, -0.05) is 0 Å². The molecule has 0 radical (unpaired) electrons. The maximum Gasteiger partial charge on any atom is 0.332 e. The molecule has 0 saturated carbocycles. The molecule has 1 N–H and O–H groups in total. The van der Waals surface area contributed by atoms with E-state index in [2.05, 4.69) is 15.2 Å². The summed E-state index contributed by atoms with van der Waals surface area (Å²) >= 11 is 0. The molecule has 1 aliphatic rings. The van der Waals surface area contributed by atoms with Gasteiger partial charge in [-0.2, -0.15) is 0 Å². The first kappa shape index (κ1) is 20.1. The van der Waals surface area contributed by atoms with Crippen molar-refractivity contribution in [1.82, 2.24) is 28.9 Å². The number of likely N-dealkylation sites (tertiary alicyclic amines) is 1. The van der Waals surface area contributed by atoms with E-state index in [4.69, 9.17) is 4.42 Å². The molecule has 1 amide bonds. The third-order valence-electron chi connectivity index (χ3n) is 5.76. The fraction of sp³-hybridized carbons (Fsp3) is 0.500. The Bertz CT molecular complexity index is 1150. The van der Waals surface area contributed by atoms with Crippen LogP contribution >= 0.6 is 0 Å². The Hall–Kier alpha value is -3.14. The van der Waals surface area contributed by atoms with Crippen LogP contribution in [0.25, 0.3) is 11.2 Å². The van der Waals surface area contributed by atoms with Crippen molar-refractivity contribution in [3.05, 3.63) is 51.3 Å². The van der Waals surface area contributed by atoms with E-state index in [0.717, 1.165) is 43.5 Å². The number of imidazole rings is 1. The second kappa shape index (κ2) is 8.31. The summed E-state index contributed by atoms with van der Waals surface area (Å²) in [5.41, 5.74) is 0.175. The van der Waals surface area contributed by atoms with E-state index in [0.29, 0.717) is 23.5 Å². The average molecular weight is 414 g/mol. The van der Waals surface area contributed by atoms with E-state index < -0.39 is 0 Å². The zero-order chi connectivity index (χ0) is 21.3. The van der Waals surface area contributed by atoms with Crippen LogP contribution in [-0.2, 0) is 20.6 Å². The summed E-state index contributed by atoms with van der Waals surface area (Å²) in [4.78, 5) is 43.2. The number of aryl methyl sites for hydroxylation is 2. The summed E-state index contributed by atoms with van der Waals surface area (Å²) in [6, 6.07) is 3.52. The van der Waals surface area contributed by atoms with Crippen molar-refractivity contribution in [2.24, 2.45) is 14.1 Å². The highest BCUT2D eigenvalue weighted by molar-refractivity contribution is 5.91. The molecule has 10 nitrogen and oxygen atoms in total. The Labute approximate surface area is 172 Å². The maximum atomic E-state index is 12.5. The Kier molecular flexibility index (Phi) is 5.58. The highest BCUT2D eigenvalue weighted by atomic mass is 16.3. The monoisotopic (exact) mass is 414 g/mol. The molecule has 30 heavy (non-hydrogen) atoms. The van der Waals surface area contributed by atoms with Gasteiger partial charge in [-0.05, 0) is 37.9 Å². The van der Waals surface area contributed by atoms with E-state index >= 15 is 0 Å². The van der Waals surface area contributed by atoms with Crippen molar-refractivity contribution >= 4 is 17.1 Å². The third-order valence-corrected chi connectivity index (χ3v) is 5.76. The van der Waals surface area contributed by atoms with E-state index in [1.54, 1.807) is 25.5 Å². The van der Waals surface area contributed by atoms with Gasteiger partial charge in [0.2, 0.25) is 0 Å². The quantitative estimate of drug-likeness (QED) is 0.622. The van der Waals surface area contributed by atoms with Gasteiger partial charge >= 0.3 is 5.69 Å². The van der Waals surface area contributed by atoms with E-state index in [1.165, 1.54) is 17.9 Å². The smallest absolute Gasteiger partial charge is 0.332 e. The summed E-state index contributed by atoms with van der Waals surface area (Å²) in [6.45, 7) is 3.36. The number of rotatable bonds is 6. The molecule has 0 spiro atoms. The molecule has 0 atom stereocenters. The number of fused-ring (bicyclic) bond motifs is 1. The summed E-state index contributed by atoms with van der Waals surface area (Å²) in [7, 11) is 3.10. The predicted octanol–water partition coefficient (Wildman–Crippen LogP) is 0.311. The van der Waals surface area contributed by atoms with Gasteiger partial charge in [-0.15, -0.1) is 0 Å². The molecular weight excluding hydrogens is 388 g/mol. The Morgan fingerprint density at radius 1 is 1.20 bits per heavy atom. The number of piperidine rings is 1. The molecule has 3 aromatic heterocycles. The van der Waals surface area contributed by atoms with Crippen molar-refractivity contribution in [1.29, 1.82) is 0 Å². The van der Waals surface area contributed by atoms with Crippen LogP contribution in [0, 0.1) is 0 Å². The zero-order valence-corrected chi connectivity index (χ0v) is 17.2. The van der Waals surface area contributed by atoms with Crippen LogP contribution in [0.15, 0.2) is 38.7 Å². The number of amides is 1. The molecule has 0 unspecified atom stereocenters. The minimum atomic E-state index is -0.375. The molecule has 4 heterocycles. The van der Waals surface area contributed by atoms with Crippen molar-refractivity contribution in [3.8, 4) is 0 Å². The second-order valence-electron chi connectivity index (χ2n) is 7.74. The van der Waals surface area contributed by atoms with Crippen molar-refractivity contribution in [2.75, 3.05) is 19.6 Å². The number of nitrogens with zero attached hydrogens (tertiary/aromatic N) is 5. The van der Waals surface area contributed by atoms with Gasteiger partial charge < -0.3 is 19.2 Å². The fourth-order valence-corrected chi connectivity index (χ4v) is 4.00. The summed E-state index contributed by atoms with van der Waals surface area (Å²) in [6.07, 6.45) is 5.77. The molecule has 160 valence electrons. The third kappa shape index (κ3) is 3.82. The summed E-state index contributed by atoms with van der Waals surface area (Å²) in [5, 5.41) is 3.03. The predicted molar refractivity (Wildman–Crippen MR) is 110 cm³/mol. The van der Waals surface area contributed by atoms with E-state index in [-0.39, 0.29) is 23.2 Å². The molecule has 0 aliphatic carbocycles. The van der Waals surface area contributed by atoms with Crippen LogP contribution in [0.3, 0.4) is 0 Å². The Morgan fingerprint density at radius 2 is 1.97 bits per heavy atom. The number of nitrogens with one attached hydrogen (secondary N) is 1. The van der Waals surface area contributed by atoms with Crippen LogP contribution in [0.5, 0.6) is 0 Å². The molecule has 0 bridgehead atoms. The minimum Gasteiger partial charge on any atom is -0.459 e. The van der Waals surface area contributed by atoms with E-state index in [1.807, 2.05) is 4.57 Å². The fourth-order valence-electron chi connectivity index (χ4n) is 4.00. The number of aromatic nitrogens is 4. The van der Waals surface area contributed by atoms with Crippen LogP contribution in [0.4, 0.5) is 0 Å². The second-order valence-corrected chi connectivity index (χ2v) is 7.74. The standard InChI is InChI=1S/C20H26N6O4/c1-23-17-16(19(28)24(2)20(23)29)26(13-21-17)9-4-8-25-10-6-14(7-11-25)22-18(27)15-5-3-12-30-15/h3,5,12-14H,4,6-11H2,1-2H3,(H,22,27). The van der Waals surface area contributed by atoms with Gasteiger partial charge in [0, 0.05) is 39.8 Å². The SMILES string of the molecule is Cn1c(=O)c2c(ncn2CCCN2CCC(NC(=O)c3ccco3)CC2)n(C)c1=O. The van der Waals surface area contributed by atoms with E-state index in [9.17, 15) is 14.4 Å². The van der Waals surface area contributed by atoms with Crippen molar-refractivity contribution < 1.29 is 9.21 Å². The number of carbonyl (C=O) groups is 1. The normalized spacial score (nSPS) is 15.7. The Morgan fingerprint density at radius 3 is 2.67 bits per heavy atom. The topological polar surface area (TPSA) is 107 Å². The van der Waals surface area contributed by atoms with Crippen LogP contribution in [0.2, 0.25) is 0 Å². The first-order valence-corrected chi connectivity index (χ1v) is 10.1. The van der Waals surface area contributed by atoms with Gasteiger partial charge in [-0.25, -0.2) is 9.78 Å². The van der Waals surface area contributed by atoms with Gasteiger partial charge in [0.25, 0.3) is 11.5 Å². The van der Waals surface area contributed by atoms with Gasteiger partial charge in [-0.3, -0.25) is 18.7 Å². The van der Waals surface area contributed by atoms with Crippen LogP contribution in [0.1, 0.15) is 29.8 Å². The summed E-state index contributed by atoms with van der Waals surface area (Å²) in [5.74, 6) is 0.176. The molecule has 3 aromatic rings. The lowest BCUT2D eigenvalue weighted by atomic mass is 10.0. The largest absolute Gasteiger partial charge is 0.459 e. The highest BCUT2D eigenvalue weighted by Gasteiger charge is 2.22. The average Bonchev–Trinajstić information content (AvgIpc) is 3.42. The molecule has 1 fully saturated rings. The van der Waals surface area contributed by atoms with Gasteiger partial charge in [0.1, 0.15) is 0 Å². The van der Waals surface area contributed by atoms with Crippen molar-refractivity contribution in [2.45, 2.75) is 31.8 Å².